The molecule has 0 radical (unpaired) electrons. The molecule has 0 fully saturated rings. The van der Waals surface area contributed by atoms with Crippen LogP contribution in [0.2, 0.25) is 5.02 Å². The van der Waals surface area contributed by atoms with Crippen molar-refractivity contribution in [3.8, 4) is 6.07 Å². The van der Waals surface area contributed by atoms with Crippen LogP contribution in [-0.2, 0) is 6.54 Å². The van der Waals surface area contributed by atoms with Crippen LogP contribution in [0.15, 0.2) is 53.3 Å². The van der Waals surface area contributed by atoms with Crippen LogP contribution in [0.3, 0.4) is 0 Å². The molecule has 0 unspecified atom stereocenters. The van der Waals surface area contributed by atoms with E-state index in [9.17, 15) is 10.1 Å². The highest BCUT2D eigenvalue weighted by atomic mass is 35.5. The Hall–Kier alpha value is -2.91. The molecular formula is C16H11ClN4O2. The van der Waals surface area contributed by atoms with Crippen LogP contribution in [0.25, 0.3) is 0 Å². The topological polar surface area (TPSA) is 84.7 Å². The number of furan rings is 1. The smallest absolute Gasteiger partial charge is 0.221 e. The summed E-state index contributed by atoms with van der Waals surface area (Å²) in [7, 11) is 0. The van der Waals surface area contributed by atoms with Gasteiger partial charge in [0.2, 0.25) is 5.78 Å². The van der Waals surface area contributed by atoms with Crippen molar-refractivity contribution in [2.45, 2.75) is 12.5 Å². The van der Waals surface area contributed by atoms with Crippen LogP contribution in [0.4, 0.5) is 0 Å². The van der Waals surface area contributed by atoms with Crippen molar-refractivity contribution in [2.24, 2.45) is 0 Å². The molecule has 0 spiro atoms. The highest BCUT2D eigenvalue weighted by Gasteiger charge is 2.25. The Morgan fingerprint density at radius 2 is 2.26 bits per heavy atom. The number of hydrogen-bond acceptors (Lipinski definition) is 5. The van der Waals surface area contributed by atoms with Crippen molar-refractivity contribution in [3.63, 3.8) is 0 Å². The van der Waals surface area contributed by atoms with E-state index in [0.29, 0.717) is 23.0 Å². The molecule has 0 aliphatic rings. The molecule has 0 amide bonds. The van der Waals surface area contributed by atoms with Gasteiger partial charge in [0.05, 0.1) is 29.5 Å². The Labute approximate surface area is 136 Å². The minimum atomic E-state index is -0.991. The van der Waals surface area contributed by atoms with Gasteiger partial charge in [0.15, 0.2) is 11.7 Å². The van der Waals surface area contributed by atoms with Gasteiger partial charge in [-0.05, 0) is 24.3 Å². The number of aromatic nitrogens is 3. The molecule has 0 aromatic carbocycles. The van der Waals surface area contributed by atoms with Crippen LogP contribution >= 0.6 is 11.6 Å². The van der Waals surface area contributed by atoms with Gasteiger partial charge in [0.1, 0.15) is 5.76 Å². The highest BCUT2D eigenvalue weighted by molar-refractivity contribution is 6.30. The number of ketones is 1. The van der Waals surface area contributed by atoms with Gasteiger partial charge in [0.25, 0.3) is 0 Å². The van der Waals surface area contributed by atoms with Crippen LogP contribution in [0.1, 0.15) is 27.9 Å². The summed E-state index contributed by atoms with van der Waals surface area (Å²) in [6.45, 7) is 0.348. The van der Waals surface area contributed by atoms with E-state index in [1.807, 2.05) is 6.07 Å². The van der Waals surface area contributed by atoms with Gasteiger partial charge in [-0.2, -0.15) is 10.4 Å². The first-order chi connectivity index (χ1) is 11.2. The summed E-state index contributed by atoms with van der Waals surface area (Å²) in [6.07, 6.45) is 4.71. The molecule has 1 atom stereocenters. The number of rotatable bonds is 5. The standard InChI is InChI=1S/C16H11ClN4O2/c17-11-8-20-21(9-11)10-12-4-5-15(23-12)16(22)13(7-18)14-3-1-2-6-19-14/h1-6,8-9,13H,10H2/t13-/m0/s1. The Balaban J connectivity index is 1.79. The lowest BCUT2D eigenvalue weighted by Gasteiger charge is -2.05. The van der Waals surface area contributed by atoms with Gasteiger partial charge < -0.3 is 4.42 Å². The number of carbonyl (C=O) groups excluding carboxylic acids is 1. The van der Waals surface area contributed by atoms with E-state index in [2.05, 4.69) is 10.1 Å². The van der Waals surface area contributed by atoms with Crippen LogP contribution in [0, 0.1) is 11.3 Å². The number of Topliss-reactive ketones (excluding diaryl/α,β-unsaturated/α-hetero) is 1. The summed E-state index contributed by atoms with van der Waals surface area (Å²) in [4.78, 5) is 16.5. The van der Waals surface area contributed by atoms with Crippen molar-refractivity contribution in [2.75, 3.05) is 0 Å². The van der Waals surface area contributed by atoms with E-state index in [0.717, 1.165) is 0 Å². The van der Waals surface area contributed by atoms with E-state index in [1.165, 1.54) is 6.20 Å². The largest absolute Gasteiger partial charge is 0.456 e. The summed E-state index contributed by atoms with van der Waals surface area (Å²) in [6, 6.07) is 10.3. The molecule has 0 saturated heterocycles. The molecule has 23 heavy (non-hydrogen) atoms. The normalized spacial score (nSPS) is 11.8. The predicted molar refractivity (Wildman–Crippen MR) is 82.0 cm³/mol. The Kier molecular flexibility index (Phi) is 4.22. The van der Waals surface area contributed by atoms with Gasteiger partial charge in [-0.15, -0.1) is 0 Å². The third kappa shape index (κ3) is 3.30. The molecule has 3 aromatic rings. The van der Waals surface area contributed by atoms with E-state index in [4.69, 9.17) is 16.0 Å². The molecular weight excluding hydrogens is 316 g/mol. The number of halogens is 1. The van der Waals surface area contributed by atoms with Crippen LogP contribution < -0.4 is 0 Å². The van der Waals surface area contributed by atoms with Crippen molar-refractivity contribution in [3.05, 3.63) is 71.2 Å². The molecule has 0 saturated carbocycles. The lowest BCUT2D eigenvalue weighted by molar-refractivity contribution is 0.0948. The minimum Gasteiger partial charge on any atom is -0.456 e. The lowest BCUT2D eigenvalue weighted by atomic mass is 9.99. The Morgan fingerprint density at radius 1 is 1.39 bits per heavy atom. The molecule has 0 bridgehead atoms. The molecule has 0 N–H and O–H groups in total. The maximum atomic E-state index is 12.4. The zero-order chi connectivity index (χ0) is 16.2. The predicted octanol–water partition coefficient (Wildman–Crippen LogP) is 3.06. The van der Waals surface area contributed by atoms with Crippen molar-refractivity contribution < 1.29 is 9.21 Å². The Morgan fingerprint density at radius 3 is 2.91 bits per heavy atom. The number of nitrogens with zero attached hydrogens (tertiary/aromatic N) is 4. The first-order valence-corrected chi connectivity index (χ1v) is 7.16. The fourth-order valence-corrected chi connectivity index (χ4v) is 2.28. The maximum absolute atomic E-state index is 12.4. The summed E-state index contributed by atoms with van der Waals surface area (Å²) in [5, 5.41) is 13.8. The molecule has 3 rings (SSSR count). The fourth-order valence-electron chi connectivity index (χ4n) is 2.13. The van der Waals surface area contributed by atoms with E-state index < -0.39 is 11.7 Å². The second-order valence-corrected chi connectivity index (χ2v) is 5.24. The third-order valence-corrected chi connectivity index (χ3v) is 3.39. The first-order valence-electron chi connectivity index (χ1n) is 6.79. The molecule has 0 aliphatic heterocycles. The van der Waals surface area contributed by atoms with Gasteiger partial charge in [-0.1, -0.05) is 17.7 Å². The minimum absolute atomic E-state index is 0.121. The zero-order valence-electron chi connectivity index (χ0n) is 11.9. The summed E-state index contributed by atoms with van der Waals surface area (Å²) >= 11 is 5.80. The van der Waals surface area contributed by atoms with Gasteiger partial charge in [-0.25, -0.2) is 0 Å². The van der Waals surface area contributed by atoms with Crippen molar-refractivity contribution >= 4 is 17.4 Å². The zero-order valence-corrected chi connectivity index (χ0v) is 12.6. The van der Waals surface area contributed by atoms with E-state index in [1.54, 1.807) is 47.4 Å². The van der Waals surface area contributed by atoms with Gasteiger partial charge in [0, 0.05) is 12.4 Å². The van der Waals surface area contributed by atoms with Crippen LogP contribution in [0.5, 0.6) is 0 Å². The van der Waals surface area contributed by atoms with Crippen molar-refractivity contribution in [1.29, 1.82) is 5.26 Å². The van der Waals surface area contributed by atoms with Gasteiger partial charge >= 0.3 is 0 Å². The van der Waals surface area contributed by atoms with Gasteiger partial charge in [-0.3, -0.25) is 14.5 Å². The number of carbonyl (C=O) groups is 1. The molecule has 7 heteroatoms. The summed E-state index contributed by atoms with van der Waals surface area (Å²) in [5.74, 6) is -0.744. The number of nitriles is 1. The quantitative estimate of drug-likeness (QED) is 0.673. The Bertz CT molecular complexity index is 864. The average Bonchev–Trinajstić information content (AvgIpc) is 3.19. The molecule has 6 nitrogen and oxygen atoms in total. The molecule has 114 valence electrons. The number of pyridine rings is 1. The summed E-state index contributed by atoms with van der Waals surface area (Å²) in [5.41, 5.74) is 0.400. The second kappa shape index (κ2) is 6.46. The molecule has 0 aliphatic carbocycles. The monoisotopic (exact) mass is 326 g/mol. The average molecular weight is 327 g/mol. The second-order valence-electron chi connectivity index (χ2n) is 4.80. The highest BCUT2D eigenvalue weighted by Crippen LogP contribution is 2.20. The molecule has 3 heterocycles. The first kappa shape index (κ1) is 15.0. The van der Waals surface area contributed by atoms with E-state index in [-0.39, 0.29) is 5.76 Å². The molecule has 3 aromatic heterocycles. The lowest BCUT2D eigenvalue weighted by Crippen LogP contribution is -2.11. The van der Waals surface area contributed by atoms with E-state index >= 15 is 0 Å². The maximum Gasteiger partial charge on any atom is 0.221 e. The third-order valence-electron chi connectivity index (χ3n) is 3.20. The van der Waals surface area contributed by atoms with Crippen LogP contribution in [-0.4, -0.2) is 20.5 Å². The fraction of sp³-hybridized carbons (Fsp3) is 0.125. The number of hydrogen-bond donors (Lipinski definition) is 0. The summed E-state index contributed by atoms with van der Waals surface area (Å²) < 4.78 is 7.12. The van der Waals surface area contributed by atoms with Crippen molar-refractivity contribution in [1.82, 2.24) is 14.8 Å². The SMILES string of the molecule is N#C[C@H](C(=O)c1ccc(Cn2cc(Cl)cn2)o1)c1ccccn1.